The van der Waals surface area contributed by atoms with Gasteiger partial charge in [-0.3, -0.25) is 0 Å². The number of likely N-dealkylation sites (N-methyl/N-ethyl adjacent to an activating group) is 1. The van der Waals surface area contributed by atoms with Gasteiger partial charge in [0.25, 0.3) is 0 Å². The van der Waals surface area contributed by atoms with E-state index >= 15 is 0 Å². The minimum absolute atomic E-state index is 0.455. The highest BCUT2D eigenvalue weighted by Crippen LogP contribution is 2.37. The van der Waals surface area contributed by atoms with E-state index in [2.05, 4.69) is 12.2 Å². The Morgan fingerprint density at radius 3 is 2.65 bits per heavy atom. The first-order chi connectivity index (χ1) is 8.04. The molecule has 0 saturated carbocycles. The van der Waals surface area contributed by atoms with Crippen LogP contribution in [0, 0.1) is 0 Å². The summed E-state index contributed by atoms with van der Waals surface area (Å²) in [7, 11) is 13.1. The summed E-state index contributed by atoms with van der Waals surface area (Å²) in [5, 5.41) is 3.26. The number of hydrogen-bond acceptors (Lipinski definition) is 3. The first-order valence-corrected chi connectivity index (χ1v) is 5.80. The molecule has 1 atom stereocenters. The van der Waals surface area contributed by atoms with Gasteiger partial charge in [0.1, 0.15) is 0 Å². The van der Waals surface area contributed by atoms with Crippen molar-refractivity contribution >= 4 is 15.7 Å². The smallest absolute Gasteiger partial charge is 0.175 e. The van der Waals surface area contributed by atoms with E-state index in [1.54, 1.807) is 0 Å². The van der Waals surface area contributed by atoms with Crippen molar-refractivity contribution in [3.63, 3.8) is 0 Å². The lowest BCUT2D eigenvalue weighted by Crippen LogP contribution is -2.39. The van der Waals surface area contributed by atoms with Gasteiger partial charge in [0, 0.05) is 6.04 Å². The second-order valence-corrected chi connectivity index (χ2v) is 4.30. The molecule has 0 spiro atoms. The number of hydrogen-bond donors (Lipinski definition) is 1. The van der Waals surface area contributed by atoms with Gasteiger partial charge < -0.3 is 14.8 Å². The Bertz CT molecular complexity index is 405. The summed E-state index contributed by atoms with van der Waals surface area (Å²) in [6.45, 7) is 2.15. The first-order valence-electron chi connectivity index (χ1n) is 5.80. The van der Waals surface area contributed by atoms with E-state index in [9.17, 15) is 0 Å². The Balaban J connectivity index is 2.13. The standard InChI is InChI=1S/C12H15B2NO2/c1-3-9(15-2)6-8-4-5-10-11(7-8)17-12(13,14)16-10/h4-5,7,9,15H,3,6H2,1-2H3/t9-/m0/s1. The molecule has 3 nitrogen and oxygen atoms in total. The van der Waals surface area contributed by atoms with Crippen molar-refractivity contribution in [1.29, 1.82) is 0 Å². The van der Waals surface area contributed by atoms with Gasteiger partial charge in [-0.15, -0.1) is 0 Å². The van der Waals surface area contributed by atoms with Crippen LogP contribution in [0.3, 0.4) is 0 Å². The number of rotatable bonds is 4. The van der Waals surface area contributed by atoms with Crippen LogP contribution in [-0.2, 0) is 6.42 Å². The summed E-state index contributed by atoms with van der Waals surface area (Å²) in [4.78, 5) is 0. The van der Waals surface area contributed by atoms with E-state index in [0.29, 0.717) is 17.5 Å². The number of fused-ring (bicyclic) bond motifs is 1. The quantitative estimate of drug-likeness (QED) is 0.776. The van der Waals surface area contributed by atoms with Crippen molar-refractivity contribution in [2.75, 3.05) is 7.05 Å². The van der Waals surface area contributed by atoms with Crippen molar-refractivity contribution in [3.8, 4) is 11.5 Å². The molecule has 0 aromatic heterocycles. The normalized spacial score (nSPS) is 18.0. The summed E-state index contributed by atoms with van der Waals surface area (Å²) < 4.78 is 10.5. The molecule has 0 saturated heterocycles. The Kier molecular flexibility index (Phi) is 3.38. The van der Waals surface area contributed by atoms with Crippen molar-refractivity contribution in [2.24, 2.45) is 0 Å². The molecule has 5 heteroatoms. The molecule has 0 aliphatic carbocycles. The van der Waals surface area contributed by atoms with E-state index < -0.39 is 5.59 Å². The van der Waals surface area contributed by atoms with Crippen LogP contribution in [0.1, 0.15) is 18.9 Å². The van der Waals surface area contributed by atoms with Crippen LogP contribution in [-0.4, -0.2) is 34.4 Å². The van der Waals surface area contributed by atoms with Crippen molar-refractivity contribution < 1.29 is 9.47 Å². The van der Waals surface area contributed by atoms with E-state index in [0.717, 1.165) is 12.8 Å². The summed E-state index contributed by atoms with van der Waals surface area (Å²) in [6, 6.07) is 6.23. The molecule has 1 aliphatic rings. The molecule has 0 amide bonds. The van der Waals surface area contributed by atoms with Gasteiger partial charge in [0.05, 0.1) is 0 Å². The highest BCUT2D eigenvalue weighted by atomic mass is 16.7. The van der Waals surface area contributed by atoms with Gasteiger partial charge >= 0.3 is 0 Å². The lowest BCUT2D eigenvalue weighted by molar-refractivity contribution is 0.0833. The molecule has 1 aromatic rings. The van der Waals surface area contributed by atoms with Gasteiger partial charge in [-0.1, -0.05) is 13.0 Å². The van der Waals surface area contributed by atoms with E-state index in [-0.39, 0.29) is 0 Å². The molecule has 17 heavy (non-hydrogen) atoms. The minimum Gasteiger partial charge on any atom is -0.468 e. The third-order valence-corrected chi connectivity index (χ3v) is 2.93. The Hall–Kier alpha value is -1.09. The number of nitrogens with one attached hydrogen (secondary N) is 1. The molecule has 0 fully saturated rings. The minimum atomic E-state index is -1.53. The molecular weight excluding hydrogens is 212 g/mol. The van der Waals surface area contributed by atoms with Gasteiger partial charge in [-0.2, -0.15) is 0 Å². The maximum absolute atomic E-state index is 5.55. The van der Waals surface area contributed by atoms with Crippen LogP contribution < -0.4 is 14.8 Å². The van der Waals surface area contributed by atoms with Crippen molar-refractivity contribution in [3.05, 3.63) is 23.8 Å². The fraction of sp³-hybridized carbons (Fsp3) is 0.500. The predicted molar refractivity (Wildman–Crippen MR) is 68.8 cm³/mol. The highest BCUT2D eigenvalue weighted by Gasteiger charge is 2.30. The van der Waals surface area contributed by atoms with E-state index in [4.69, 9.17) is 25.2 Å². The maximum Gasteiger partial charge on any atom is 0.175 e. The second kappa shape index (κ2) is 4.65. The van der Waals surface area contributed by atoms with E-state index in [1.807, 2.05) is 25.2 Å². The lowest BCUT2D eigenvalue weighted by Gasteiger charge is -2.18. The zero-order valence-electron chi connectivity index (χ0n) is 10.2. The lowest BCUT2D eigenvalue weighted by atomic mass is 9.76. The van der Waals surface area contributed by atoms with Crippen LogP contribution in [0.25, 0.3) is 0 Å². The summed E-state index contributed by atoms with van der Waals surface area (Å²) >= 11 is 0. The fourth-order valence-electron chi connectivity index (χ4n) is 1.94. The Labute approximate surface area is 105 Å². The van der Waals surface area contributed by atoms with Crippen molar-refractivity contribution in [1.82, 2.24) is 5.32 Å². The molecule has 86 valence electrons. The van der Waals surface area contributed by atoms with Crippen LogP contribution in [0.4, 0.5) is 0 Å². The summed E-state index contributed by atoms with van der Waals surface area (Å²) in [5.41, 5.74) is -0.361. The summed E-state index contributed by atoms with van der Waals surface area (Å²) in [5.74, 6) is 1.20. The SMILES string of the molecule is [B]C1([B])Oc2ccc(C[C@H](CC)NC)cc2O1. The number of benzene rings is 1. The summed E-state index contributed by atoms with van der Waals surface area (Å²) in [6.07, 6.45) is 2.01. The average Bonchev–Trinajstić information content (AvgIpc) is 2.58. The third kappa shape index (κ3) is 2.78. The van der Waals surface area contributed by atoms with Crippen LogP contribution in [0.5, 0.6) is 11.5 Å². The first kappa shape index (κ1) is 12.4. The molecule has 2 rings (SSSR count). The largest absolute Gasteiger partial charge is 0.468 e. The molecule has 0 bridgehead atoms. The predicted octanol–water partition coefficient (Wildman–Crippen LogP) is 0.947. The van der Waals surface area contributed by atoms with Gasteiger partial charge in [0.2, 0.25) is 0 Å². The molecule has 4 radical (unpaired) electrons. The topological polar surface area (TPSA) is 30.5 Å². The van der Waals surface area contributed by atoms with Crippen LogP contribution >= 0.6 is 0 Å². The Morgan fingerprint density at radius 1 is 1.29 bits per heavy atom. The third-order valence-electron chi connectivity index (χ3n) is 2.93. The zero-order chi connectivity index (χ0) is 12.5. The molecule has 1 heterocycles. The molecule has 1 aromatic carbocycles. The van der Waals surface area contributed by atoms with Crippen molar-refractivity contribution in [2.45, 2.75) is 31.4 Å². The maximum atomic E-state index is 5.55. The van der Waals surface area contributed by atoms with Crippen LogP contribution in [0.15, 0.2) is 18.2 Å². The van der Waals surface area contributed by atoms with Gasteiger partial charge in [-0.05, 0) is 37.6 Å². The molecule has 1 aliphatic heterocycles. The second-order valence-electron chi connectivity index (χ2n) is 4.30. The average molecular weight is 227 g/mol. The molecule has 1 N–H and O–H groups in total. The molecular formula is C12H15B2NO2. The zero-order valence-corrected chi connectivity index (χ0v) is 10.2. The van der Waals surface area contributed by atoms with Gasteiger partial charge in [-0.25, -0.2) is 0 Å². The Morgan fingerprint density at radius 2 is 2.00 bits per heavy atom. The van der Waals surface area contributed by atoms with Gasteiger partial charge in [0.15, 0.2) is 32.8 Å². The fourth-order valence-corrected chi connectivity index (χ4v) is 1.94. The van der Waals surface area contributed by atoms with Crippen LogP contribution in [0.2, 0.25) is 0 Å². The van der Waals surface area contributed by atoms with E-state index in [1.165, 1.54) is 5.56 Å². The number of ether oxygens (including phenoxy) is 2. The monoisotopic (exact) mass is 227 g/mol. The molecule has 0 unspecified atom stereocenters. The highest BCUT2D eigenvalue weighted by molar-refractivity contribution is 6.38.